The van der Waals surface area contributed by atoms with E-state index in [9.17, 15) is 4.79 Å². The van der Waals surface area contributed by atoms with Crippen molar-refractivity contribution in [3.63, 3.8) is 0 Å². The molecule has 3 rings (SSSR count). The average molecular weight is 297 g/mol. The molecule has 1 N–H and O–H groups in total. The van der Waals surface area contributed by atoms with Gasteiger partial charge in [0, 0.05) is 11.4 Å². The predicted molar refractivity (Wildman–Crippen MR) is 72.1 cm³/mol. The van der Waals surface area contributed by atoms with Crippen LogP contribution in [0.4, 0.5) is 0 Å². The molecule has 0 amide bonds. The van der Waals surface area contributed by atoms with Crippen molar-refractivity contribution >= 4 is 5.97 Å². The van der Waals surface area contributed by atoms with Gasteiger partial charge in [-0.25, -0.2) is 0 Å². The fourth-order valence-corrected chi connectivity index (χ4v) is 3.46. The fourth-order valence-electron chi connectivity index (χ4n) is 3.46. The number of hydrogen-bond donors (Lipinski definition) is 1. The first kappa shape index (κ1) is 15.1. The first-order chi connectivity index (χ1) is 9.22. The zero-order chi connectivity index (χ0) is 13.4. The van der Waals surface area contributed by atoms with Gasteiger partial charge in [-0.1, -0.05) is 0 Å². The van der Waals surface area contributed by atoms with Gasteiger partial charge in [0.25, 0.3) is 0 Å². The second-order valence-electron chi connectivity index (χ2n) is 5.32. The highest BCUT2D eigenvalue weighted by molar-refractivity contribution is 5.69. The number of nitrogens with one attached hydrogen (secondary N) is 1. The average Bonchev–Trinajstić information content (AvgIpc) is 3.03. The largest absolute Gasteiger partial charge is 1.00 e. The summed E-state index contributed by atoms with van der Waals surface area (Å²) >= 11 is 0. The molecule has 1 aromatic rings. The van der Waals surface area contributed by atoms with Crippen molar-refractivity contribution in [3.8, 4) is 0 Å². The minimum Gasteiger partial charge on any atom is -1.00 e. The van der Waals surface area contributed by atoms with E-state index < -0.39 is 0 Å². The Kier molecular flexibility index (Phi) is 4.53. The SMILES string of the molecule is CCOC(=O)Cn1c2c(c(=N)c3c1CCC3)CCC2.[Cl-].[H+]. The third-order valence-corrected chi connectivity index (χ3v) is 4.23. The summed E-state index contributed by atoms with van der Waals surface area (Å²) in [7, 11) is 0. The molecule has 5 heteroatoms. The summed E-state index contributed by atoms with van der Waals surface area (Å²) in [5.74, 6) is -0.159. The lowest BCUT2D eigenvalue weighted by molar-refractivity contribution is -0.143. The van der Waals surface area contributed by atoms with Gasteiger partial charge in [-0.15, -0.1) is 0 Å². The van der Waals surface area contributed by atoms with Gasteiger partial charge in [0.2, 0.25) is 0 Å². The lowest BCUT2D eigenvalue weighted by Crippen LogP contribution is -3.00. The highest BCUT2D eigenvalue weighted by Gasteiger charge is 2.26. The number of esters is 1. The molecule has 2 aliphatic carbocycles. The van der Waals surface area contributed by atoms with E-state index in [1.54, 1.807) is 0 Å². The number of ether oxygens (including phenoxy) is 1. The van der Waals surface area contributed by atoms with Crippen molar-refractivity contribution < 1.29 is 23.4 Å². The number of hydrogen-bond acceptors (Lipinski definition) is 3. The maximum Gasteiger partial charge on any atom is 1.00 e. The van der Waals surface area contributed by atoms with Gasteiger partial charge in [-0.05, 0) is 56.6 Å². The summed E-state index contributed by atoms with van der Waals surface area (Å²) in [4.78, 5) is 11.8. The standard InChI is InChI=1S/C15H20N2O2.ClH/c1-2-19-14(18)9-17-12-7-3-5-10(12)15(16)11-6-4-8-13(11)17;/h16H,2-9H2,1H3;1H. The number of pyridine rings is 1. The normalized spacial score (nSPS) is 15.4. The minimum absolute atomic E-state index is 0. The molecule has 0 aromatic carbocycles. The second-order valence-corrected chi connectivity index (χ2v) is 5.32. The molecule has 20 heavy (non-hydrogen) atoms. The van der Waals surface area contributed by atoms with Gasteiger partial charge in [0.1, 0.15) is 6.54 Å². The molecule has 4 nitrogen and oxygen atoms in total. The third-order valence-electron chi connectivity index (χ3n) is 4.23. The fraction of sp³-hybridized carbons (Fsp3) is 0.600. The van der Waals surface area contributed by atoms with Crippen LogP contribution in [0.15, 0.2) is 0 Å². The van der Waals surface area contributed by atoms with E-state index in [0.717, 1.165) is 43.9 Å². The summed E-state index contributed by atoms with van der Waals surface area (Å²) in [5.41, 5.74) is 4.76. The molecule has 0 saturated heterocycles. The van der Waals surface area contributed by atoms with Crippen LogP contribution in [0.5, 0.6) is 0 Å². The Labute approximate surface area is 126 Å². The quantitative estimate of drug-likeness (QED) is 0.700. The molecule has 2 aliphatic rings. The molecule has 0 spiro atoms. The van der Waals surface area contributed by atoms with E-state index in [0.29, 0.717) is 13.2 Å². The van der Waals surface area contributed by atoms with E-state index in [-0.39, 0.29) is 19.8 Å². The summed E-state index contributed by atoms with van der Waals surface area (Å²) in [6.45, 7) is 2.59. The van der Waals surface area contributed by atoms with Crippen LogP contribution in [0.1, 0.15) is 43.7 Å². The van der Waals surface area contributed by atoms with Crippen LogP contribution in [0.25, 0.3) is 0 Å². The molecule has 110 valence electrons. The van der Waals surface area contributed by atoms with Crippen molar-refractivity contribution in [2.45, 2.75) is 52.0 Å². The van der Waals surface area contributed by atoms with Crippen LogP contribution in [0.3, 0.4) is 0 Å². The maximum atomic E-state index is 11.8. The third kappa shape index (κ3) is 2.37. The van der Waals surface area contributed by atoms with Gasteiger partial charge in [-0.2, -0.15) is 0 Å². The number of halogens is 1. The van der Waals surface area contributed by atoms with E-state index in [4.69, 9.17) is 10.1 Å². The number of nitrogens with zero attached hydrogens (tertiary/aromatic N) is 1. The van der Waals surface area contributed by atoms with E-state index in [1.165, 1.54) is 22.5 Å². The van der Waals surface area contributed by atoms with E-state index >= 15 is 0 Å². The van der Waals surface area contributed by atoms with Crippen molar-refractivity contribution in [2.75, 3.05) is 6.61 Å². The Morgan fingerprint density at radius 1 is 1.20 bits per heavy atom. The molecular weight excluding hydrogens is 276 g/mol. The van der Waals surface area contributed by atoms with Crippen LogP contribution in [0.2, 0.25) is 0 Å². The molecule has 0 bridgehead atoms. The maximum absolute atomic E-state index is 11.8. The van der Waals surface area contributed by atoms with Crippen LogP contribution >= 0.6 is 0 Å². The molecule has 1 heterocycles. The molecular formula is C15H21ClN2O2. The van der Waals surface area contributed by atoms with Gasteiger partial charge in [-0.3, -0.25) is 4.79 Å². The van der Waals surface area contributed by atoms with Crippen molar-refractivity contribution in [1.82, 2.24) is 4.57 Å². The number of rotatable bonds is 3. The Morgan fingerprint density at radius 3 is 2.25 bits per heavy atom. The van der Waals surface area contributed by atoms with Gasteiger partial charge in [0.05, 0.1) is 12.0 Å². The first-order valence-corrected chi connectivity index (χ1v) is 7.19. The van der Waals surface area contributed by atoms with Crippen molar-refractivity contribution in [1.29, 1.82) is 5.41 Å². The Bertz CT molecular complexity index is 560. The topological polar surface area (TPSA) is 55.1 Å². The first-order valence-electron chi connectivity index (χ1n) is 7.19. The number of fused-ring (bicyclic) bond motifs is 2. The van der Waals surface area contributed by atoms with Gasteiger partial charge in [0.15, 0.2) is 0 Å². The molecule has 0 atom stereocenters. The zero-order valence-corrected chi connectivity index (χ0v) is 12.6. The lowest BCUT2D eigenvalue weighted by atomic mass is 10.1. The zero-order valence-electron chi connectivity index (χ0n) is 12.8. The van der Waals surface area contributed by atoms with Gasteiger partial charge >= 0.3 is 7.40 Å². The molecule has 0 fully saturated rings. The van der Waals surface area contributed by atoms with E-state index in [2.05, 4.69) is 4.57 Å². The van der Waals surface area contributed by atoms with Crippen LogP contribution in [-0.2, 0) is 41.8 Å². The van der Waals surface area contributed by atoms with E-state index in [1.807, 2.05) is 6.92 Å². The Hall–Kier alpha value is -1.29. The summed E-state index contributed by atoms with van der Waals surface area (Å²) in [6.07, 6.45) is 6.18. The van der Waals surface area contributed by atoms with Gasteiger partial charge < -0.3 is 27.1 Å². The highest BCUT2D eigenvalue weighted by atomic mass is 35.5. The number of carbonyl (C=O) groups is 1. The lowest BCUT2D eigenvalue weighted by Gasteiger charge is -2.18. The summed E-state index contributed by atoms with van der Waals surface area (Å²) < 4.78 is 7.24. The molecule has 0 saturated carbocycles. The molecule has 0 radical (unpaired) electrons. The second kappa shape index (κ2) is 6.00. The smallest absolute Gasteiger partial charge is 1.00 e. The van der Waals surface area contributed by atoms with Crippen LogP contribution < -0.4 is 17.8 Å². The van der Waals surface area contributed by atoms with Crippen molar-refractivity contribution in [3.05, 3.63) is 27.9 Å². The predicted octanol–water partition coefficient (Wildman–Crippen LogP) is -1.38. The number of aromatic nitrogens is 1. The number of carbonyl (C=O) groups excluding carboxylic acids is 1. The van der Waals surface area contributed by atoms with Crippen LogP contribution in [0, 0.1) is 5.41 Å². The molecule has 0 unspecified atom stereocenters. The monoisotopic (exact) mass is 296 g/mol. The molecule has 0 aliphatic heterocycles. The summed E-state index contributed by atoms with van der Waals surface area (Å²) in [5, 5.41) is 9.09. The summed E-state index contributed by atoms with van der Waals surface area (Å²) in [6, 6.07) is 0. The highest BCUT2D eigenvalue weighted by Crippen LogP contribution is 2.27. The minimum atomic E-state index is -0.159. The Morgan fingerprint density at radius 2 is 1.75 bits per heavy atom. The van der Waals surface area contributed by atoms with Crippen LogP contribution in [-0.4, -0.2) is 17.1 Å². The Balaban J connectivity index is 0.00000110. The van der Waals surface area contributed by atoms with Crippen molar-refractivity contribution in [2.24, 2.45) is 0 Å². The molecule has 1 aromatic heterocycles.